The van der Waals surface area contributed by atoms with Gasteiger partial charge < -0.3 is 24.6 Å². The molecule has 1 unspecified atom stereocenters. The maximum Gasteiger partial charge on any atom is 0.358 e. The first kappa shape index (κ1) is 26.8. The highest BCUT2D eigenvalue weighted by atomic mass is 19.1. The number of carbonyl (C=O) groups excluding carboxylic acids is 2. The average molecular weight is 528 g/mol. The molecule has 2 heterocycles. The summed E-state index contributed by atoms with van der Waals surface area (Å²) < 4.78 is 39.8. The Bertz CT molecular complexity index is 1390. The van der Waals surface area contributed by atoms with Gasteiger partial charge in [0.05, 0.1) is 13.5 Å². The molecule has 1 aromatic heterocycles. The monoisotopic (exact) mass is 527 g/mol. The number of methoxy groups -OCH3 is 1. The van der Waals surface area contributed by atoms with Crippen LogP contribution in [-0.2, 0) is 27.8 Å². The SMILES string of the molecule is COc1ccc2c(c1)CCN(C(=O)Cc1cc(C(=O)O)no1)C2C(=O)Nc1cc(F)c(C(C)(C)C)c(F)c1. The molecule has 1 atom stereocenters. The number of hydrogen-bond acceptors (Lipinski definition) is 6. The predicted octanol–water partition coefficient (Wildman–Crippen LogP) is 4.26. The van der Waals surface area contributed by atoms with Crippen molar-refractivity contribution < 1.29 is 37.5 Å². The molecule has 1 aliphatic heterocycles. The zero-order valence-corrected chi connectivity index (χ0v) is 21.3. The molecule has 2 amide bonds. The van der Waals surface area contributed by atoms with Crippen molar-refractivity contribution >= 4 is 23.5 Å². The fraction of sp³-hybridized carbons (Fsp3) is 0.333. The molecule has 4 rings (SSSR count). The average Bonchev–Trinajstić information content (AvgIpc) is 3.30. The van der Waals surface area contributed by atoms with Gasteiger partial charge in [-0.3, -0.25) is 9.59 Å². The number of carboxylic acid groups (broad SMARTS) is 1. The number of amides is 2. The number of ether oxygens (including phenoxy) is 1. The van der Waals surface area contributed by atoms with Gasteiger partial charge in [0.25, 0.3) is 5.91 Å². The van der Waals surface area contributed by atoms with E-state index in [1.807, 2.05) is 0 Å². The minimum atomic E-state index is -1.30. The van der Waals surface area contributed by atoms with Crippen LogP contribution in [0.3, 0.4) is 0 Å². The second kappa shape index (κ2) is 10.2. The molecule has 0 aliphatic carbocycles. The zero-order chi connectivity index (χ0) is 27.8. The molecule has 3 aromatic rings. The Morgan fingerprint density at radius 2 is 1.84 bits per heavy atom. The standard InChI is InChI=1S/C27H27F2N3O6/c1-27(2,3)23-19(28)10-15(11-20(23)29)30-25(34)24-18-6-5-16(37-4)9-14(18)7-8-32(24)22(33)13-17-12-21(26(35)36)31-38-17/h5-6,9-12,24H,7-8,13H2,1-4H3,(H,30,34)(H,35,36). The number of benzene rings is 2. The number of carboxylic acids is 1. The third kappa shape index (κ3) is 5.36. The van der Waals surface area contributed by atoms with Crippen molar-refractivity contribution in [2.45, 2.75) is 45.1 Å². The Labute approximate surface area is 217 Å². The molecule has 2 N–H and O–H groups in total. The Balaban J connectivity index is 1.66. The van der Waals surface area contributed by atoms with Gasteiger partial charge in [0, 0.05) is 23.9 Å². The van der Waals surface area contributed by atoms with Crippen LogP contribution in [-0.4, -0.2) is 46.6 Å². The summed E-state index contributed by atoms with van der Waals surface area (Å²) in [5, 5.41) is 15.0. The van der Waals surface area contributed by atoms with Crippen molar-refractivity contribution in [2.24, 2.45) is 0 Å². The van der Waals surface area contributed by atoms with Crippen LogP contribution in [0.4, 0.5) is 14.5 Å². The second-order valence-electron chi connectivity index (χ2n) is 10.0. The van der Waals surface area contributed by atoms with Crippen LogP contribution in [0.1, 0.15) is 59.8 Å². The lowest BCUT2D eigenvalue weighted by atomic mass is 9.86. The van der Waals surface area contributed by atoms with Crippen molar-refractivity contribution in [2.75, 3.05) is 19.0 Å². The van der Waals surface area contributed by atoms with E-state index in [4.69, 9.17) is 14.4 Å². The highest BCUT2D eigenvalue weighted by molar-refractivity contribution is 5.98. The maximum atomic E-state index is 14.8. The fourth-order valence-electron chi connectivity index (χ4n) is 4.60. The van der Waals surface area contributed by atoms with Crippen LogP contribution in [0.15, 0.2) is 40.9 Å². The summed E-state index contributed by atoms with van der Waals surface area (Å²) in [6, 6.07) is 7.19. The predicted molar refractivity (Wildman–Crippen MR) is 132 cm³/mol. The molecule has 11 heteroatoms. The number of fused-ring (bicyclic) bond motifs is 1. The summed E-state index contributed by atoms with van der Waals surface area (Å²) in [5.41, 5.74) is -0.0213. The van der Waals surface area contributed by atoms with Gasteiger partial charge in [0.15, 0.2) is 5.69 Å². The summed E-state index contributed by atoms with van der Waals surface area (Å²) >= 11 is 0. The highest BCUT2D eigenvalue weighted by Crippen LogP contribution is 2.35. The largest absolute Gasteiger partial charge is 0.497 e. The van der Waals surface area contributed by atoms with Crippen LogP contribution in [0, 0.1) is 11.6 Å². The first-order chi connectivity index (χ1) is 17.9. The maximum absolute atomic E-state index is 14.8. The van der Waals surface area contributed by atoms with Crippen LogP contribution < -0.4 is 10.1 Å². The number of carbonyl (C=O) groups is 3. The van der Waals surface area contributed by atoms with E-state index in [0.29, 0.717) is 17.7 Å². The Morgan fingerprint density at radius 1 is 1.16 bits per heavy atom. The Kier molecular flexibility index (Phi) is 7.21. The number of nitrogens with zero attached hydrogens (tertiary/aromatic N) is 2. The van der Waals surface area contributed by atoms with E-state index in [2.05, 4.69) is 10.5 Å². The summed E-state index contributed by atoms with van der Waals surface area (Å²) in [5.74, 6) is -3.48. The molecular formula is C27H27F2N3O6. The number of aromatic nitrogens is 1. The number of halogens is 2. The molecule has 0 saturated heterocycles. The molecule has 9 nitrogen and oxygen atoms in total. The summed E-state index contributed by atoms with van der Waals surface area (Å²) in [7, 11) is 1.51. The number of aromatic carboxylic acids is 1. The smallest absolute Gasteiger partial charge is 0.358 e. The molecule has 0 bridgehead atoms. The molecule has 200 valence electrons. The van der Waals surface area contributed by atoms with Gasteiger partial charge in [0.2, 0.25) is 5.91 Å². The molecule has 0 fully saturated rings. The molecule has 0 radical (unpaired) electrons. The Morgan fingerprint density at radius 3 is 2.42 bits per heavy atom. The van der Waals surface area contributed by atoms with E-state index >= 15 is 0 Å². The summed E-state index contributed by atoms with van der Waals surface area (Å²) in [6.45, 7) is 5.19. The van der Waals surface area contributed by atoms with E-state index in [-0.39, 0.29) is 35.7 Å². The van der Waals surface area contributed by atoms with E-state index < -0.39 is 40.9 Å². The van der Waals surface area contributed by atoms with E-state index in [9.17, 15) is 23.2 Å². The topological polar surface area (TPSA) is 122 Å². The van der Waals surface area contributed by atoms with Gasteiger partial charge in [-0.2, -0.15) is 0 Å². The van der Waals surface area contributed by atoms with E-state index in [0.717, 1.165) is 23.8 Å². The van der Waals surface area contributed by atoms with Crippen molar-refractivity contribution in [1.82, 2.24) is 10.1 Å². The normalized spacial score (nSPS) is 15.1. The number of anilines is 1. The van der Waals surface area contributed by atoms with Gasteiger partial charge in [-0.1, -0.05) is 32.0 Å². The number of rotatable bonds is 6. The van der Waals surface area contributed by atoms with Crippen molar-refractivity contribution in [3.8, 4) is 5.75 Å². The molecule has 2 aromatic carbocycles. The van der Waals surface area contributed by atoms with Crippen LogP contribution in [0.5, 0.6) is 5.75 Å². The lowest BCUT2D eigenvalue weighted by Gasteiger charge is -2.36. The number of nitrogens with one attached hydrogen (secondary N) is 1. The third-order valence-electron chi connectivity index (χ3n) is 6.31. The molecule has 38 heavy (non-hydrogen) atoms. The van der Waals surface area contributed by atoms with Gasteiger partial charge >= 0.3 is 5.97 Å². The minimum Gasteiger partial charge on any atom is -0.497 e. The molecule has 0 spiro atoms. The van der Waals surface area contributed by atoms with Crippen molar-refractivity contribution in [3.05, 3.63) is 76.2 Å². The van der Waals surface area contributed by atoms with Gasteiger partial charge in [-0.25, -0.2) is 13.6 Å². The third-order valence-corrected chi connectivity index (χ3v) is 6.31. The second-order valence-corrected chi connectivity index (χ2v) is 10.0. The number of hydrogen-bond donors (Lipinski definition) is 2. The Hall–Kier alpha value is -4.28. The lowest BCUT2D eigenvalue weighted by molar-refractivity contribution is -0.139. The quantitative estimate of drug-likeness (QED) is 0.491. The molecular weight excluding hydrogens is 500 g/mol. The summed E-state index contributed by atoms with van der Waals surface area (Å²) in [6.07, 6.45) is 0.0848. The van der Waals surface area contributed by atoms with Crippen LogP contribution in [0.25, 0.3) is 0 Å². The van der Waals surface area contributed by atoms with Gasteiger partial charge in [-0.15, -0.1) is 0 Å². The van der Waals surface area contributed by atoms with E-state index in [1.165, 1.54) is 12.0 Å². The van der Waals surface area contributed by atoms with Crippen molar-refractivity contribution in [1.29, 1.82) is 0 Å². The highest BCUT2D eigenvalue weighted by Gasteiger charge is 2.37. The molecule has 1 aliphatic rings. The summed E-state index contributed by atoms with van der Waals surface area (Å²) in [4.78, 5) is 39.2. The van der Waals surface area contributed by atoms with Crippen LogP contribution in [0.2, 0.25) is 0 Å². The van der Waals surface area contributed by atoms with Gasteiger partial charge in [-0.05, 0) is 47.2 Å². The van der Waals surface area contributed by atoms with E-state index in [1.54, 1.807) is 39.0 Å². The minimum absolute atomic E-state index is 0.0222. The van der Waals surface area contributed by atoms with Crippen molar-refractivity contribution in [3.63, 3.8) is 0 Å². The lowest BCUT2D eigenvalue weighted by Crippen LogP contribution is -2.46. The molecule has 0 saturated carbocycles. The zero-order valence-electron chi connectivity index (χ0n) is 21.3. The van der Waals surface area contributed by atoms with Gasteiger partial charge in [0.1, 0.15) is 29.2 Å². The first-order valence-electron chi connectivity index (χ1n) is 11.8. The van der Waals surface area contributed by atoms with Crippen LogP contribution >= 0.6 is 0 Å². The first-order valence-corrected chi connectivity index (χ1v) is 11.8. The fourth-order valence-corrected chi connectivity index (χ4v) is 4.60.